The van der Waals surface area contributed by atoms with E-state index in [9.17, 15) is 8.42 Å². The van der Waals surface area contributed by atoms with Crippen LogP contribution in [0.1, 0.15) is 10.7 Å². The first kappa shape index (κ1) is 14.1. The lowest BCUT2D eigenvalue weighted by molar-refractivity contribution is 0.459. The number of sulfonamides is 1. The molecule has 0 spiro atoms. The van der Waals surface area contributed by atoms with E-state index in [-0.39, 0.29) is 15.7 Å². The summed E-state index contributed by atoms with van der Waals surface area (Å²) in [4.78, 5) is 4.64. The summed E-state index contributed by atoms with van der Waals surface area (Å²) in [6.07, 6.45) is 1.33. The molecular formula is C9H11N5O2S3. The maximum absolute atomic E-state index is 12.3. The fraction of sp³-hybridized carbons (Fsp3) is 0.222. The number of thiophene rings is 1. The van der Waals surface area contributed by atoms with Crippen molar-refractivity contribution in [2.45, 2.75) is 10.8 Å². The normalized spacial score (nSPS) is 11.9. The lowest BCUT2D eigenvalue weighted by Crippen LogP contribution is -2.26. The number of aromatic amines is 1. The Balaban J connectivity index is 2.23. The SMILES string of the molecule is CN(Cc1ncn[nH]1)S(=O)(=O)c1ccc(C(N)=S)s1. The molecule has 3 N–H and O–H groups in total. The molecule has 0 bridgehead atoms. The summed E-state index contributed by atoms with van der Waals surface area (Å²) in [5, 5.41) is 6.28. The number of H-pyrrole nitrogens is 1. The van der Waals surface area contributed by atoms with Gasteiger partial charge in [-0.25, -0.2) is 13.4 Å². The number of aromatic nitrogens is 3. The Labute approximate surface area is 119 Å². The average Bonchev–Trinajstić information content (AvgIpc) is 2.99. The lowest BCUT2D eigenvalue weighted by Gasteiger charge is -2.13. The van der Waals surface area contributed by atoms with E-state index in [1.807, 2.05) is 0 Å². The maximum atomic E-state index is 12.3. The van der Waals surface area contributed by atoms with Gasteiger partial charge in [-0.2, -0.15) is 9.40 Å². The molecule has 0 fully saturated rings. The first-order chi connectivity index (χ1) is 8.91. The van der Waals surface area contributed by atoms with E-state index in [4.69, 9.17) is 18.0 Å². The minimum absolute atomic E-state index is 0.114. The Bertz CT molecular complexity index is 677. The minimum atomic E-state index is -3.58. The third-order valence-electron chi connectivity index (χ3n) is 2.33. The van der Waals surface area contributed by atoms with Gasteiger partial charge in [0.05, 0.1) is 11.4 Å². The van der Waals surface area contributed by atoms with Gasteiger partial charge in [-0.05, 0) is 12.1 Å². The molecule has 0 atom stereocenters. The molecule has 0 saturated heterocycles. The summed E-state index contributed by atoms with van der Waals surface area (Å²) in [5.41, 5.74) is 5.47. The third-order valence-corrected chi connectivity index (χ3v) is 6.06. The summed E-state index contributed by atoms with van der Waals surface area (Å²) in [5.74, 6) is 0.470. The quantitative estimate of drug-likeness (QED) is 0.770. The van der Waals surface area contributed by atoms with Crippen LogP contribution >= 0.6 is 23.6 Å². The van der Waals surface area contributed by atoms with E-state index in [1.54, 1.807) is 6.07 Å². The summed E-state index contributed by atoms with van der Waals surface area (Å²) in [7, 11) is -2.11. The zero-order valence-corrected chi connectivity index (χ0v) is 12.3. The zero-order valence-electron chi connectivity index (χ0n) is 9.90. The fourth-order valence-electron chi connectivity index (χ4n) is 1.35. The first-order valence-corrected chi connectivity index (χ1v) is 7.78. The molecule has 0 aliphatic rings. The average molecular weight is 317 g/mol. The van der Waals surface area contributed by atoms with Crippen LogP contribution in [0.15, 0.2) is 22.7 Å². The lowest BCUT2D eigenvalue weighted by atomic mass is 10.5. The van der Waals surface area contributed by atoms with Crippen molar-refractivity contribution in [3.05, 3.63) is 29.2 Å². The summed E-state index contributed by atoms with van der Waals surface area (Å²) < 4.78 is 25.9. The molecular weight excluding hydrogens is 306 g/mol. The van der Waals surface area contributed by atoms with E-state index in [0.29, 0.717) is 10.7 Å². The number of hydrogen-bond donors (Lipinski definition) is 2. The Morgan fingerprint density at radius 1 is 1.58 bits per heavy atom. The molecule has 19 heavy (non-hydrogen) atoms. The van der Waals surface area contributed by atoms with Crippen molar-refractivity contribution >= 4 is 38.6 Å². The highest BCUT2D eigenvalue weighted by Crippen LogP contribution is 2.24. The molecule has 2 rings (SSSR count). The largest absolute Gasteiger partial charge is 0.389 e. The van der Waals surface area contributed by atoms with Gasteiger partial charge < -0.3 is 5.73 Å². The smallest absolute Gasteiger partial charge is 0.252 e. The van der Waals surface area contributed by atoms with Crippen LogP contribution in [0.4, 0.5) is 0 Å². The summed E-state index contributed by atoms with van der Waals surface area (Å²) >= 11 is 5.86. The van der Waals surface area contributed by atoms with Gasteiger partial charge in [0, 0.05) is 7.05 Å². The molecule has 0 saturated carbocycles. The van der Waals surface area contributed by atoms with Crippen molar-refractivity contribution in [2.75, 3.05) is 7.05 Å². The van der Waals surface area contributed by atoms with Gasteiger partial charge in [-0.3, -0.25) is 5.10 Å². The number of nitrogens with zero attached hydrogens (tertiary/aromatic N) is 3. The van der Waals surface area contributed by atoms with Crippen molar-refractivity contribution < 1.29 is 8.42 Å². The second-order valence-electron chi connectivity index (χ2n) is 3.68. The zero-order chi connectivity index (χ0) is 14.0. The van der Waals surface area contributed by atoms with Crippen molar-refractivity contribution in [3.8, 4) is 0 Å². The first-order valence-electron chi connectivity index (χ1n) is 5.11. The number of nitrogens with two attached hydrogens (primary N) is 1. The molecule has 7 nitrogen and oxygen atoms in total. The highest BCUT2D eigenvalue weighted by molar-refractivity contribution is 7.91. The molecule has 10 heteroatoms. The monoisotopic (exact) mass is 317 g/mol. The van der Waals surface area contributed by atoms with Crippen LogP contribution < -0.4 is 5.73 Å². The topological polar surface area (TPSA) is 105 Å². The van der Waals surface area contributed by atoms with E-state index >= 15 is 0 Å². The van der Waals surface area contributed by atoms with Crippen LogP contribution in [-0.2, 0) is 16.6 Å². The van der Waals surface area contributed by atoms with Crippen LogP contribution in [0.3, 0.4) is 0 Å². The van der Waals surface area contributed by atoms with Crippen LogP contribution in [0, 0.1) is 0 Å². The summed E-state index contributed by atoms with van der Waals surface area (Å²) in [6, 6.07) is 3.09. The second kappa shape index (κ2) is 5.33. The molecule has 0 aromatic carbocycles. The molecule has 102 valence electrons. The van der Waals surface area contributed by atoms with Crippen LogP contribution in [0.5, 0.6) is 0 Å². The Morgan fingerprint density at radius 3 is 2.84 bits per heavy atom. The standard InChI is InChI=1S/C9H11N5O2S3/c1-14(4-7-11-5-12-13-7)19(15,16)8-3-2-6(18-8)9(10)17/h2-3,5H,4H2,1H3,(H2,10,17)(H,11,12,13). The van der Waals surface area contributed by atoms with Crippen LogP contribution in [-0.4, -0.2) is 39.9 Å². The minimum Gasteiger partial charge on any atom is -0.389 e. The third kappa shape index (κ3) is 2.97. The fourth-order valence-corrected chi connectivity index (χ4v) is 4.04. The van der Waals surface area contributed by atoms with Crippen molar-refractivity contribution in [1.82, 2.24) is 19.5 Å². The van der Waals surface area contributed by atoms with E-state index in [2.05, 4.69) is 15.2 Å². The number of hydrogen-bond acceptors (Lipinski definition) is 6. The Morgan fingerprint density at radius 2 is 2.32 bits per heavy atom. The molecule has 0 aliphatic heterocycles. The molecule has 0 radical (unpaired) electrons. The Kier molecular flexibility index (Phi) is 3.94. The molecule has 0 amide bonds. The molecule has 0 unspecified atom stereocenters. The van der Waals surface area contributed by atoms with Gasteiger partial charge in [0.1, 0.15) is 21.3 Å². The van der Waals surface area contributed by atoms with E-state index < -0.39 is 10.0 Å². The Hall–Kier alpha value is -1.36. The van der Waals surface area contributed by atoms with E-state index in [1.165, 1.54) is 23.7 Å². The molecule has 2 heterocycles. The second-order valence-corrected chi connectivity index (χ2v) is 7.47. The van der Waals surface area contributed by atoms with Crippen molar-refractivity contribution in [1.29, 1.82) is 0 Å². The number of nitrogens with one attached hydrogen (secondary N) is 1. The van der Waals surface area contributed by atoms with Crippen LogP contribution in [0.25, 0.3) is 0 Å². The maximum Gasteiger partial charge on any atom is 0.252 e. The number of rotatable bonds is 5. The number of thiocarbonyl (C=S) groups is 1. The summed E-state index contributed by atoms with van der Waals surface area (Å²) in [6.45, 7) is 0.114. The highest BCUT2D eigenvalue weighted by Gasteiger charge is 2.24. The predicted molar refractivity (Wildman–Crippen MR) is 75.2 cm³/mol. The van der Waals surface area contributed by atoms with Crippen molar-refractivity contribution in [3.63, 3.8) is 0 Å². The van der Waals surface area contributed by atoms with Gasteiger partial charge in [-0.15, -0.1) is 11.3 Å². The van der Waals surface area contributed by atoms with Gasteiger partial charge in [0.25, 0.3) is 10.0 Å². The van der Waals surface area contributed by atoms with Gasteiger partial charge in [-0.1, -0.05) is 12.2 Å². The molecule has 2 aromatic heterocycles. The molecule has 2 aromatic rings. The van der Waals surface area contributed by atoms with Crippen LogP contribution in [0.2, 0.25) is 0 Å². The van der Waals surface area contributed by atoms with Gasteiger partial charge in [0.15, 0.2) is 0 Å². The highest BCUT2D eigenvalue weighted by atomic mass is 32.2. The van der Waals surface area contributed by atoms with Gasteiger partial charge >= 0.3 is 0 Å². The van der Waals surface area contributed by atoms with E-state index in [0.717, 1.165) is 11.3 Å². The van der Waals surface area contributed by atoms with Crippen molar-refractivity contribution in [2.24, 2.45) is 5.73 Å². The van der Waals surface area contributed by atoms with Gasteiger partial charge in [0.2, 0.25) is 0 Å². The predicted octanol–water partition coefficient (Wildman–Crippen LogP) is 0.321. The molecule has 0 aliphatic carbocycles.